The minimum absolute atomic E-state index is 0.0325. The second kappa shape index (κ2) is 7.06. The lowest BCUT2D eigenvalue weighted by Gasteiger charge is -2.06. The van der Waals surface area contributed by atoms with Gasteiger partial charge in [0, 0.05) is 11.0 Å². The van der Waals surface area contributed by atoms with E-state index in [4.69, 9.17) is 4.74 Å². The number of carbonyl (C=O) groups excluding carboxylic acids is 1. The summed E-state index contributed by atoms with van der Waals surface area (Å²) in [5.74, 6) is 0.723. The minimum Gasteiger partial charge on any atom is -0.493 e. The van der Waals surface area contributed by atoms with E-state index in [9.17, 15) is 4.79 Å². The Kier molecular flexibility index (Phi) is 5.64. The van der Waals surface area contributed by atoms with E-state index in [0.717, 1.165) is 10.2 Å². The number of halogens is 1. The molecule has 0 aromatic heterocycles. The van der Waals surface area contributed by atoms with Crippen LogP contribution in [0.3, 0.4) is 0 Å². The summed E-state index contributed by atoms with van der Waals surface area (Å²) in [5, 5.41) is 2.68. The number of nitrogens with one attached hydrogen (secondary N) is 1. The Hall–Kier alpha value is -1.29. The molecule has 0 radical (unpaired) electrons. The molecule has 1 rings (SSSR count). The zero-order valence-electron chi connectivity index (χ0n) is 8.91. The average molecular weight is 284 g/mol. The van der Waals surface area contributed by atoms with E-state index in [-0.39, 0.29) is 5.91 Å². The number of hydrogen-bond donors (Lipinski definition) is 1. The Morgan fingerprint density at radius 1 is 1.56 bits per heavy atom. The first-order valence-electron chi connectivity index (χ1n) is 4.98. The number of rotatable bonds is 6. The van der Waals surface area contributed by atoms with Crippen LogP contribution in [-0.2, 0) is 4.79 Å². The topological polar surface area (TPSA) is 38.3 Å². The molecule has 16 heavy (non-hydrogen) atoms. The monoisotopic (exact) mass is 283 g/mol. The van der Waals surface area contributed by atoms with Gasteiger partial charge in [0.15, 0.2) is 0 Å². The molecule has 0 aliphatic rings. The van der Waals surface area contributed by atoms with E-state index in [1.165, 1.54) is 0 Å². The summed E-state index contributed by atoms with van der Waals surface area (Å²) in [6, 6.07) is 7.52. The molecule has 3 nitrogen and oxygen atoms in total. The van der Waals surface area contributed by atoms with E-state index < -0.39 is 0 Å². The molecule has 1 amide bonds. The van der Waals surface area contributed by atoms with E-state index in [1.54, 1.807) is 6.08 Å². The molecule has 0 saturated heterocycles. The molecule has 0 bridgehead atoms. The zero-order valence-corrected chi connectivity index (χ0v) is 10.5. The first-order chi connectivity index (χ1) is 7.72. The van der Waals surface area contributed by atoms with Gasteiger partial charge in [-0.2, -0.15) is 0 Å². The van der Waals surface area contributed by atoms with E-state index in [1.807, 2.05) is 24.3 Å². The van der Waals surface area contributed by atoms with Crippen LogP contribution in [0.1, 0.15) is 6.42 Å². The van der Waals surface area contributed by atoms with Crippen LogP contribution in [0, 0.1) is 0 Å². The number of ether oxygens (including phenoxy) is 1. The molecule has 0 unspecified atom stereocenters. The van der Waals surface area contributed by atoms with Crippen molar-refractivity contribution in [2.24, 2.45) is 0 Å². The van der Waals surface area contributed by atoms with Gasteiger partial charge in [0.2, 0.25) is 5.91 Å². The van der Waals surface area contributed by atoms with Gasteiger partial charge in [-0.1, -0.05) is 28.1 Å². The second-order valence-electron chi connectivity index (χ2n) is 3.15. The van der Waals surface area contributed by atoms with Crippen molar-refractivity contribution in [3.63, 3.8) is 0 Å². The highest BCUT2D eigenvalue weighted by Gasteiger charge is 2.00. The largest absolute Gasteiger partial charge is 0.493 e. The first kappa shape index (κ1) is 12.8. The van der Waals surface area contributed by atoms with E-state index >= 15 is 0 Å². The summed E-state index contributed by atoms with van der Waals surface area (Å²) in [6.45, 7) is 4.39. The van der Waals surface area contributed by atoms with Crippen LogP contribution in [-0.4, -0.2) is 19.1 Å². The van der Waals surface area contributed by atoms with E-state index in [2.05, 4.69) is 27.8 Å². The fraction of sp³-hybridized carbons (Fsp3) is 0.250. The molecular weight excluding hydrogens is 270 g/mol. The van der Waals surface area contributed by atoms with E-state index in [0.29, 0.717) is 19.6 Å². The highest BCUT2D eigenvalue weighted by Crippen LogP contribution is 2.17. The van der Waals surface area contributed by atoms with Gasteiger partial charge in [-0.05, 0) is 18.2 Å². The molecular formula is C12H14BrNO2. The number of benzene rings is 1. The normalized spacial score (nSPS) is 9.56. The predicted octanol–water partition coefficient (Wildman–Crippen LogP) is 2.52. The third-order valence-corrected chi connectivity index (χ3v) is 2.33. The molecule has 0 fully saturated rings. The molecule has 4 heteroatoms. The maximum absolute atomic E-state index is 11.2. The molecule has 0 spiro atoms. The summed E-state index contributed by atoms with van der Waals surface area (Å²) >= 11 is 3.35. The fourth-order valence-electron chi connectivity index (χ4n) is 1.09. The third kappa shape index (κ3) is 4.98. The predicted molar refractivity (Wildman–Crippen MR) is 67.5 cm³/mol. The van der Waals surface area contributed by atoms with Crippen molar-refractivity contribution in [1.82, 2.24) is 5.32 Å². The van der Waals surface area contributed by atoms with Crippen molar-refractivity contribution in [2.45, 2.75) is 6.42 Å². The second-order valence-corrected chi connectivity index (χ2v) is 4.06. The maximum atomic E-state index is 11.2. The van der Waals surface area contributed by atoms with Crippen LogP contribution >= 0.6 is 15.9 Å². The summed E-state index contributed by atoms with van der Waals surface area (Å²) in [5.41, 5.74) is 0. The quantitative estimate of drug-likeness (QED) is 0.815. The molecule has 0 heterocycles. The van der Waals surface area contributed by atoms with Crippen molar-refractivity contribution in [1.29, 1.82) is 0 Å². The number of amides is 1. The van der Waals surface area contributed by atoms with Gasteiger partial charge >= 0.3 is 0 Å². The summed E-state index contributed by atoms with van der Waals surface area (Å²) < 4.78 is 6.38. The van der Waals surface area contributed by atoms with Crippen molar-refractivity contribution in [3.05, 3.63) is 41.4 Å². The lowest BCUT2D eigenvalue weighted by molar-refractivity contribution is -0.121. The Morgan fingerprint density at radius 3 is 3.06 bits per heavy atom. The Bertz CT molecular complexity index is 366. The van der Waals surface area contributed by atoms with Crippen molar-refractivity contribution < 1.29 is 9.53 Å². The van der Waals surface area contributed by atoms with Crippen molar-refractivity contribution in [2.75, 3.05) is 13.2 Å². The smallest absolute Gasteiger partial charge is 0.223 e. The standard InChI is InChI=1S/C12H14BrNO2/c1-2-7-14-12(15)6-8-16-11-5-3-4-10(13)9-11/h2-5,9H,1,6-8H2,(H,14,15). The van der Waals surface area contributed by atoms with Gasteiger partial charge in [0.25, 0.3) is 0 Å². The fourth-order valence-corrected chi connectivity index (χ4v) is 1.47. The Labute approximate surface area is 104 Å². The van der Waals surface area contributed by atoms with Crippen LogP contribution in [0.5, 0.6) is 5.75 Å². The van der Waals surface area contributed by atoms with Crippen LogP contribution in [0.2, 0.25) is 0 Å². The lowest BCUT2D eigenvalue weighted by Crippen LogP contribution is -2.24. The number of carbonyl (C=O) groups is 1. The summed E-state index contributed by atoms with van der Waals surface area (Å²) in [6.07, 6.45) is 1.99. The molecule has 1 aromatic rings. The van der Waals surface area contributed by atoms with Crippen molar-refractivity contribution >= 4 is 21.8 Å². The molecule has 86 valence electrons. The van der Waals surface area contributed by atoms with Gasteiger partial charge in [-0.15, -0.1) is 6.58 Å². The van der Waals surface area contributed by atoms with Crippen LogP contribution < -0.4 is 10.1 Å². The van der Waals surface area contributed by atoms with Crippen molar-refractivity contribution in [3.8, 4) is 5.75 Å². The summed E-state index contributed by atoms with van der Waals surface area (Å²) in [4.78, 5) is 11.2. The molecule has 0 saturated carbocycles. The zero-order chi connectivity index (χ0) is 11.8. The molecule has 0 atom stereocenters. The molecule has 0 aliphatic carbocycles. The van der Waals surface area contributed by atoms with Gasteiger partial charge in [0.1, 0.15) is 5.75 Å². The Morgan fingerprint density at radius 2 is 2.38 bits per heavy atom. The molecule has 0 aliphatic heterocycles. The van der Waals surface area contributed by atoms with Crippen LogP contribution in [0.15, 0.2) is 41.4 Å². The van der Waals surface area contributed by atoms with Gasteiger partial charge in [-0.3, -0.25) is 4.79 Å². The maximum Gasteiger partial charge on any atom is 0.223 e. The SMILES string of the molecule is C=CCNC(=O)CCOc1cccc(Br)c1. The van der Waals surface area contributed by atoms with Crippen LogP contribution in [0.4, 0.5) is 0 Å². The third-order valence-electron chi connectivity index (χ3n) is 1.84. The molecule has 1 aromatic carbocycles. The number of hydrogen-bond acceptors (Lipinski definition) is 2. The summed E-state index contributed by atoms with van der Waals surface area (Å²) in [7, 11) is 0. The highest BCUT2D eigenvalue weighted by molar-refractivity contribution is 9.10. The minimum atomic E-state index is -0.0325. The lowest BCUT2D eigenvalue weighted by atomic mass is 10.3. The van der Waals surface area contributed by atoms with Gasteiger partial charge < -0.3 is 10.1 Å². The van der Waals surface area contributed by atoms with Gasteiger partial charge in [-0.25, -0.2) is 0 Å². The first-order valence-corrected chi connectivity index (χ1v) is 5.77. The average Bonchev–Trinajstić information content (AvgIpc) is 2.26. The van der Waals surface area contributed by atoms with Gasteiger partial charge in [0.05, 0.1) is 13.0 Å². The highest BCUT2D eigenvalue weighted by atomic mass is 79.9. The Balaban J connectivity index is 2.25. The molecule has 1 N–H and O–H groups in total. The van der Waals surface area contributed by atoms with Crippen LogP contribution in [0.25, 0.3) is 0 Å².